The predicted molar refractivity (Wildman–Crippen MR) is 71.6 cm³/mol. The first-order chi connectivity index (χ1) is 9.49. The van der Waals surface area contributed by atoms with Gasteiger partial charge in [-0.05, 0) is 17.7 Å². The van der Waals surface area contributed by atoms with E-state index >= 15 is 0 Å². The maximum atomic E-state index is 12.8. The average Bonchev–Trinajstić information content (AvgIpc) is 2.40. The SMILES string of the molecule is CN(Cc1ccc(F)cc1)c1ncnc(N)c1[N+](=O)[O-]. The van der Waals surface area contributed by atoms with Gasteiger partial charge in [-0.2, -0.15) is 0 Å². The number of aromatic nitrogens is 2. The van der Waals surface area contributed by atoms with Gasteiger partial charge in [0.25, 0.3) is 0 Å². The fourth-order valence-electron chi connectivity index (χ4n) is 1.78. The maximum Gasteiger partial charge on any atom is 0.353 e. The number of rotatable bonds is 4. The molecule has 0 amide bonds. The lowest BCUT2D eigenvalue weighted by Crippen LogP contribution is -2.20. The summed E-state index contributed by atoms with van der Waals surface area (Å²) in [6.45, 7) is 0.331. The third-order valence-corrected chi connectivity index (χ3v) is 2.71. The zero-order valence-electron chi connectivity index (χ0n) is 10.7. The van der Waals surface area contributed by atoms with Gasteiger partial charge in [0.15, 0.2) is 0 Å². The second kappa shape index (κ2) is 5.47. The molecule has 0 saturated carbocycles. The second-order valence-corrected chi connectivity index (χ2v) is 4.17. The summed E-state index contributed by atoms with van der Waals surface area (Å²) in [5, 5.41) is 11.0. The van der Waals surface area contributed by atoms with Crippen molar-refractivity contribution in [3.63, 3.8) is 0 Å². The second-order valence-electron chi connectivity index (χ2n) is 4.17. The molecule has 0 saturated heterocycles. The minimum atomic E-state index is -0.619. The Balaban J connectivity index is 2.29. The Hall–Kier alpha value is -2.77. The number of hydrogen-bond donors (Lipinski definition) is 1. The topological polar surface area (TPSA) is 98.2 Å². The van der Waals surface area contributed by atoms with Crippen molar-refractivity contribution in [2.75, 3.05) is 17.7 Å². The van der Waals surface area contributed by atoms with Crippen LogP contribution in [0, 0.1) is 15.9 Å². The van der Waals surface area contributed by atoms with Crippen LogP contribution in [0.25, 0.3) is 0 Å². The predicted octanol–water partition coefficient (Wildman–Crippen LogP) is 1.74. The normalized spacial score (nSPS) is 10.3. The Bertz CT molecular complexity index is 632. The Morgan fingerprint density at radius 3 is 2.60 bits per heavy atom. The zero-order valence-corrected chi connectivity index (χ0v) is 10.7. The van der Waals surface area contributed by atoms with E-state index in [1.54, 1.807) is 24.1 Å². The standard InChI is InChI=1S/C12H12FN5O2/c1-17(6-8-2-4-9(13)5-3-8)12-10(18(19)20)11(14)15-7-16-12/h2-5,7H,6H2,1H3,(H2,14,15,16). The molecule has 8 heteroatoms. The number of nitrogen functional groups attached to an aromatic ring is 1. The van der Waals surface area contributed by atoms with E-state index < -0.39 is 4.92 Å². The van der Waals surface area contributed by atoms with E-state index in [9.17, 15) is 14.5 Å². The number of nitro groups is 1. The molecule has 104 valence electrons. The Labute approximate surface area is 114 Å². The van der Waals surface area contributed by atoms with Gasteiger partial charge in [0, 0.05) is 13.6 Å². The van der Waals surface area contributed by atoms with Crippen LogP contribution in [0.5, 0.6) is 0 Å². The van der Waals surface area contributed by atoms with E-state index in [2.05, 4.69) is 9.97 Å². The van der Waals surface area contributed by atoms with E-state index in [-0.39, 0.29) is 23.1 Å². The smallest absolute Gasteiger partial charge is 0.353 e. The van der Waals surface area contributed by atoms with E-state index in [0.29, 0.717) is 6.54 Å². The molecule has 2 aromatic rings. The minimum absolute atomic E-state index is 0.117. The molecule has 7 nitrogen and oxygen atoms in total. The summed E-state index contributed by atoms with van der Waals surface area (Å²) >= 11 is 0. The summed E-state index contributed by atoms with van der Waals surface area (Å²) in [4.78, 5) is 19.5. The monoisotopic (exact) mass is 277 g/mol. The first-order valence-corrected chi connectivity index (χ1v) is 5.69. The van der Waals surface area contributed by atoms with Crippen molar-refractivity contribution in [2.45, 2.75) is 6.54 Å². The highest BCUT2D eigenvalue weighted by Gasteiger charge is 2.23. The molecule has 0 unspecified atom stereocenters. The van der Waals surface area contributed by atoms with Crippen LogP contribution in [-0.4, -0.2) is 21.9 Å². The number of anilines is 2. The number of benzene rings is 1. The summed E-state index contributed by atoms with van der Waals surface area (Å²) in [5.74, 6) is -0.411. The Morgan fingerprint density at radius 1 is 1.35 bits per heavy atom. The Kier molecular flexibility index (Phi) is 3.74. The molecular formula is C12H12FN5O2. The third kappa shape index (κ3) is 2.79. The first-order valence-electron chi connectivity index (χ1n) is 5.69. The lowest BCUT2D eigenvalue weighted by atomic mass is 10.2. The van der Waals surface area contributed by atoms with Crippen molar-refractivity contribution < 1.29 is 9.31 Å². The molecule has 1 heterocycles. The van der Waals surface area contributed by atoms with Crippen molar-refractivity contribution >= 4 is 17.3 Å². The number of hydrogen-bond acceptors (Lipinski definition) is 6. The quantitative estimate of drug-likeness (QED) is 0.675. The van der Waals surface area contributed by atoms with Crippen LogP contribution in [0.2, 0.25) is 0 Å². The summed E-state index contributed by atoms with van der Waals surface area (Å²) in [6, 6.07) is 5.85. The number of halogens is 1. The van der Waals surface area contributed by atoms with Crippen LogP contribution < -0.4 is 10.6 Å². The summed E-state index contributed by atoms with van der Waals surface area (Å²) in [7, 11) is 1.64. The number of nitrogens with two attached hydrogens (primary N) is 1. The zero-order chi connectivity index (χ0) is 14.7. The van der Waals surface area contributed by atoms with Gasteiger partial charge in [-0.25, -0.2) is 14.4 Å². The molecular weight excluding hydrogens is 265 g/mol. The van der Waals surface area contributed by atoms with Gasteiger partial charge in [-0.15, -0.1) is 0 Å². The number of nitrogens with zero attached hydrogens (tertiary/aromatic N) is 4. The van der Waals surface area contributed by atoms with E-state index in [1.165, 1.54) is 18.5 Å². The van der Waals surface area contributed by atoms with Crippen LogP contribution >= 0.6 is 0 Å². The van der Waals surface area contributed by atoms with Gasteiger partial charge >= 0.3 is 5.69 Å². The largest absolute Gasteiger partial charge is 0.378 e. The van der Waals surface area contributed by atoms with Crippen molar-refractivity contribution in [3.05, 3.63) is 52.1 Å². The maximum absolute atomic E-state index is 12.8. The highest BCUT2D eigenvalue weighted by molar-refractivity contribution is 5.68. The molecule has 0 aliphatic carbocycles. The summed E-state index contributed by atoms with van der Waals surface area (Å²) in [5.41, 5.74) is 5.96. The van der Waals surface area contributed by atoms with Gasteiger partial charge in [-0.3, -0.25) is 10.1 Å². The fraction of sp³-hybridized carbons (Fsp3) is 0.167. The lowest BCUT2D eigenvalue weighted by molar-refractivity contribution is -0.383. The molecule has 0 bridgehead atoms. The van der Waals surface area contributed by atoms with E-state index in [1.807, 2.05) is 0 Å². The van der Waals surface area contributed by atoms with Crippen molar-refractivity contribution in [3.8, 4) is 0 Å². The third-order valence-electron chi connectivity index (χ3n) is 2.71. The molecule has 0 aliphatic heterocycles. The molecule has 0 fully saturated rings. The fourth-order valence-corrected chi connectivity index (χ4v) is 1.78. The van der Waals surface area contributed by atoms with Crippen LogP contribution in [0.1, 0.15) is 5.56 Å². The highest BCUT2D eigenvalue weighted by atomic mass is 19.1. The van der Waals surface area contributed by atoms with Crippen molar-refractivity contribution in [1.82, 2.24) is 9.97 Å². The molecule has 1 aromatic heterocycles. The van der Waals surface area contributed by atoms with Crippen molar-refractivity contribution in [2.24, 2.45) is 0 Å². The van der Waals surface area contributed by atoms with E-state index in [4.69, 9.17) is 5.73 Å². The highest BCUT2D eigenvalue weighted by Crippen LogP contribution is 2.29. The van der Waals surface area contributed by atoms with E-state index in [0.717, 1.165) is 5.56 Å². The van der Waals surface area contributed by atoms with Crippen LogP contribution in [0.4, 0.5) is 21.7 Å². The van der Waals surface area contributed by atoms with Gasteiger partial charge in [0.05, 0.1) is 4.92 Å². The molecule has 1 aromatic carbocycles. The van der Waals surface area contributed by atoms with Gasteiger partial charge in [0.1, 0.15) is 12.1 Å². The molecule has 2 rings (SSSR count). The first kappa shape index (κ1) is 13.7. The molecule has 0 radical (unpaired) electrons. The Morgan fingerprint density at radius 2 is 2.00 bits per heavy atom. The van der Waals surface area contributed by atoms with Crippen LogP contribution in [0.15, 0.2) is 30.6 Å². The molecule has 0 aliphatic rings. The summed E-state index contributed by atoms with van der Waals surface area (Å²) in [6.07, 6.45) is 1.17. The van der Waals surface area contributed by atoms with Gasteiger partial charge in [0.2, 0.25) is 11.6 Å². The van der Waals surface area contributed by atoms with Gasteiger partial charge in [-0.1, -0.05) is 12.1 Å². The van der Waals surface area contributed by atoms with Crippen LogP contribution in [0.3, 0.4) is 0 Å². The van der Waals surface area contributed by atoms with Gasteiger partial charge < -0.3 is 10.6 Å². The lowest BCUT2D eigenvalue weighted by Gasteiger charge is -2.18. The van der Waals surface area contributed by atoms with Crippen LogP contribution in [-0.2, 0) is 6.54 Å². The van der Waals surface area contributed by atoms with Crippen molar-refractivity contribution in [1.29, 1.82) is 0 Å². The minimum Gasteiger partial charge on any atom is -0.378 e. The summed E-state index contributed by atoms with van der Waals surface area (Å²) < 4.78 is 12.8. The molecule has 0 spiro atoms. The molecule has 20 heavy (non-hydrogen) atoms. The molecule has 2 N–H and O–H groups in total. The molecule has 0 atom stereocenters. The average molecular weight is 277 g/mol.